The molecule has 0 bridgehead atoms. The maximum Gasteiger partial charge on any atom is 0.329 e. The number of ketones is 2. The zero-order chi connectivity index (χ0) is 23.8. The number of carbonyl (C=O) groups is 5. The Bertz CT molecular complexity index is 928. The van der Waals surface area contributed by atoms with Crippen molar-refractivity contribution < 1.29 is 33.8 Å². The molecule has 1 aromatic carbocycles. The zero-order valence-electron chi connectivity index (χ0n) is 17.0. The summed E-state index contributed by atoms with van der Waals surface area (Å²) in [5, 5.41) is 20.0. The zero-order valence-corrected chi connectivity index (χ0v) is 18.5. The van der Waals surface area contributed by atoms with Crippen molar-refractivity contribution in [1.29, 1.82) is 5.41 Å². The van der Waals surface area contributed by atoms with Crippen LogP contribution in [-0.4, -0.2) is 52.9 Å². The molecule has 11 heteroatoms. The third-order valence-corrected chi connectivity index (χ3v) is 5.55. The SMILES string of the molecule is N=C(CC(=O)Cc1c(Cl)cccc1Cl)CC(=O)OC[C@H](NC(=O)[C@@H]1CCC(=O)C1)C(=O)O. The van der Waals surface area contributed by atoms with Crippen LogP contribution in [0.1, 0.15) is 37.7 Å². The molecule has 1 aliphatic rings. The van der Waals surface area contributed by atoms with Gasteiger partial charge in [0, 0.05) is 47.4 Å². The Morgan fingerprint density at radius 2 is 1.84 bits per heavy atom. The highest BCUT2D eigenvalue weighted by Gasteiger charge is 2.31. The molecule has 1 aliphatic carbocycles. The Labute approximate surface area is 193 Å². The molecule has 2 atom stereocenters. The maximum atomic E-state index is 12.2. The summed E-state index contributed by atoms with van der Waals surface area (Å²) in [5.74, 6) is -3.93. The maximum absolute atomic E-state index is 12.2. The number of esters is 1. The summed E-state index contributed by atoms with van der Waals surface area (Å²) in [4.78, 5) is 58.8. The third kappa shape index (κ3) is 7.72. The highest BCUT2D eigenvalue weighted by molar-refractivity contribution is 6.36. The average Bonchev–Trinajstić information content (AvgIpc) is 3.14. The van der Waals surface area contributed by atoms with Crippen LogP contribution in [-0.2, 0) is 35.1 Å². The van der Waals surface area contributed by atoms with Gasteiger partial charge in [0.25, 0.3) is 0 Å². The lowest BCUT2D eigenvalue weighted by atomic mass is 10.0. The van der Waals surface area contributed by atoms with Crippen LogP contribution in [0.25, 0.3) is 0 Å². The van der Waals surface area contributed by atoms with Crippen molar-refractivity contribution in [1.82, 2.24) is 5.32 Å². The topological polar surface area (TPSA) is 151 Å². The van der Waals surface area contributed by atoms with Crippen LogP contribution in [0.15, 0.2) is 18.2 Å². The quantitative estimate of drug-likeness (QED) is 0.322. The summed E-state index contributed by atoms with van der Waals surface area (Å²) in [6.07, 6.45) is -0.268. The Morgan fingerprint density at radius 3 is 2.41 bits per heavy atom. The molecule has 2 rings (SSSR count). The molecular weight excluding hydrogens is 463 g/mol. The smallest absolute Gasteiger partial charge is 0.329 e. The first kappa shape index (κ1) is 25.5. The Balaban J connectivity index is 1.79. The van der Waals surface area contributed by atoms with Crippen LogP contribution in [0.5, 0.6) is 0 Å². The molecule has 0 heterocycles. The number of amides is 1. The fourth-order valence-corrected chi connectivity index (χ4v) is 3.70. The fraction of sp³-hybridized carbons (Fsp3) is 0.429. The van der Waals surface area contributed by atoms with Gasteiger partial charge in [-0.2, -0.15) is 0 Å². The molecule has 9 nitrogen and oxygen atoms in total. The van der Waals surface area contributed by atoms with E-state index in [2.05, 4.69) is 5.32 Å². The van der Waals surface area contributed by atoms with Crippen molar-refractivity contribution in [3.63, 3.8) is 0 Å². The van der Waals surface area contributed by atoms with Crippen molar-refractivity contribution in [2.75, 3.05) is 6.61 Å². The fourth-order valence-electron chi connectivity index (χ4n) is 3.17. The van der Waals surface area contributed by atoms with Crippen LogP contribution < -0.4 is 5.32 Å². The van der Waals surface area contributed by atoms with E-state index in [1.807, 2.05) is 0 Å². The van der Waals surface area contributed by atoms with Gasteiger partial charge in [-0.1, -0.05) is 29.3 Å². The predicted molar refractivity (Wildman–Crippen MR) is 115 cm³/mol. The highest BCUT2D eigenvalue weighted by Crippen LogP contribution is 2.25. The van der Waals surface area contributed by atoms with Gasteiger partial charge < -0.3 is 20.6 Å². The van der Waals surface area contributed by atoms with Gasteiger partial charge >= 0.3 is 11.9 Å². The van der Waals surface area contributed by atoms with Gasteiger partial charge in [0.05, 0.1) is 6.42 Å². The van der Waals surface area contributed by atoms with Crippen LogP contribution in [0, 0.1) is 11.3 Å². The minimum atomic E-state index is -1.49. The van der Waals surface area contributed by atoms with Crippen molar-refractivity contribution in [2.24, 2.45) is 5.92 Å². The Hall–Kier alpha value is -2.78. The molecule has 0 unspecified atom stereocenters. The first-order valence-corrected chi connectivity index (χ1v) is 10.5. The molecule has 3 N–H and O–H groups in total. The minimum absolute atomic E-state index is 0.0581. The Kier molecular flexibility index (Phi) is 9.34. The lowest BCUT2D eigenvalue weighted by Gasteiger charge is -2.17. The summed E-state index contributed by atoms with van der Waals surface area (Å²) >= 11 is 12.0. The number of carbonyl (C=O) groups excluding carboxylic acids is 4. The molecule has 1 saturated carbocycles. The van der Waals surface area contributed by atoms with E-state index in [4.69, 9.17) is 33.3 Å². The summed E-state index contributed by atoms with van der Waals surface area (Å²) in [5.41, 5.74) is 0.212. The number of nitrogens with one attached hydrogen (secondary N) is 2. The van der Waals surface area contributed by atoms with Crippen molar-refractivity contribution >= 4 is 58.3 Å². The normalized spacial score (nSPS) is 16.3. The van der Waals surface area contributed by atoms with Gasteiger partial charge in [-0.15, -0.1) is 0 Å². The number of rotatable bonds is 11. The van der Waals surface area contributed by atoms with Gasteiger partial charge in [0.2, 0.25) is 5.91 Å². The van der Waals surface area contributed by atoms with Crippen LogP contribution >= 0.6 is 23.2 Å². The van der Waals surface area contributed by atoms with E-state index in [0.29, 0.717) is 22.0 Å². The monoisotopic (exact) mass is 484 g/mol. The molecule has 0 radical (unpaired) electrons. The second kappa shape index (κ2) is 11.7. The summed E-state index contributed by atoms with van der Waals surface area (Å²) < 4.78 is 4.86. The van der Waals surface area contributed by atoms with E-state index in [1.165, 1.54) is 0 Å². The predicted octanol–water partition coefficient (Wildman–Crippen LogP) is 2.39. The molecule has 0 aromatic heterocycles. The lowest BCUT2D eigenvalue weighted by molar-refractivity contribution is -0.150. The van der Waals surface area contributed by atoms with Gasteiger partial charge in [-0.25, -0.2) is 4.79 Å². The van der Waals surface area contributed by atoms with Gasteiger partial charge in [0.1, 0.15) is 18.2 Å². The second-order valence-electron chi connectivity index (χ2n) is 7.43. The minimum Gasteiger partial charge on any atom is -0.480 e. The highest BCUT2D eigenvalue weighted by atomic mass is 35.5. The number of aliphatic carboxylic acids is 1. The van der Waals surface area contributed by atoms with Gasteiger partial charge in [-0.3, -0.25) is 19.2 Å². The standard InChI is InChI=1S/C21H22Cl2N2O7/c22-16-2-1-3-17(23)15(16)9-14(27)7-12(24)8-19(28)32-10-18(21(30)31)25-20(29)11-4-5-13(26)6-11/h1-3,11,18,24H,4-10H2,(H,25,29)(H,30,31)/t11-,18+/m1/s1. The number of carboxylic acids is 1. The first-order valence-electron chi connectivity index (χ1n) is 9.78. The van der Waals surface area contributed by atoms with Crippen LogP contribution in [0.4, 0.5) is 0 Å². The first-order chi connectivity index (χ1) is 15.1. The molecule has 32 heavy (non-hydrogen) atoms. The number of hydrogen-bond acceptors (Lipinski definition) is 7. The van der Waals surface area contributed by atoms with Gasteiger partial charge in [0.15, 0.2) is 6.04 Å². The molecule has 172 valence electrons. The molecule has 1 fully saturated rings. The number of Topliss-reactive ketones (excluding diaryl/α,β-unsaturated/α-hetero) is 2. The molecular formula is C21H22Cl2N2O7. The average molecular weight is 485 g/mol. The third-order valence-electron chi connectivity index (χ3n) is 4.85. The molecule has 0 aliphatic heterocycles. The molecule has 0 spiro atoms. The van der Waals surface area contributed by atoms with Gasteiger partial charge in [-0.05, 0) is 24.1 Å². The van der Waals surface area contributed by atoms with E-state index in [0.717, 1.165) is 0 Å². The van der Waals surface area contributed by atoms with Crippen molar-refractivity contribution in [2.45, 2.75) is 44.6 Å². The number of hydrogen-bond donors (Lipinski definition) is 3. The molecule has 0 saturated heterocycles. The van der Waals surface area contributed by atoms with Crippen LogP contribution in [0.3, 0.4) is 0 Å². The molecule has 1 aromatic rings. The lowest BCUT2D eigenvalue weighted by Crippen LogP contribution is -2.46. The van der Waals surface area contributed by atoms with Crippen molar-refractivity contribution in [3.8, 4) is 0 Å². The Morgan fingerprint density at radius 1 is 1.19 bits per heavy atom. The summed E-state index contributed by atoms with van der Waals surface area (Å²) in [6, 6.07) is 3.32. The summed E-state index contributed by atoms with van der Waals surface area (Å²) in [7, 11) is 0. The number of benzene rings is 1. The van der Waals surface area contributed by atoms with E-state index in [9.17, 15) is 29.1 Å². The van der Waals surface area contributed by atoms with Crippen molar-refractivity contribution in [3.05, 3.63) is 33.8 Å². The number of ether oxygens (including phenoxy) is 1. The van der Waals surface area contributed by atoms with Crippen LogP contribution in [0.2, 0.25) is 10.0 Å². The van der Waals surface area contributed by atoms with E-state index in [1.54, 1.807) is 18.2 Å². The van der Waals surface area contributed by atoms with E-state index >= 15 is 0 Å². The number of halogens is 2. The largest absolute Gasteiger partial charge is 0.480 e. The van der Waals surface area contributed by atoms with E-state index < -0.39 is 42.8 Å². The molecule has 1 amide bonds. The summed E-state index contributed by atoms with van der Waals surface area (Å²) in [6.45, 7) is -0.642. The van der Waals surface area contributed by atoms with E-state index in [-0.39, 0.29) is 43.0 Å². The second-order valence-corrected chi connectivity index (χ2v) is 8.25. The number of carboxylic acid groups (broad SMARTS) is 1.